The van der Waals surface area contributed by atoms with Gasteiger partial charge in [-0.2, -0.15) is 0 Å². The molecule has 5 nitrogen and oxygen atoms in total. The standard InChI is InChI=1S/C21H25N3O2/c1-15-6-4-10-18(12-15)23-21(26)24-19-11-5-7-16(13-19)14-22-20(25)17-8-2-3-9-17/h4-7,10-13,17H,2-3,8-9,14H2,1H3,(H,22,25)(H2,23,24,26). The smallest absolute Gasteiger partial charge is 0.323 e. The molecule has 3 amide bonds. The monoisotopic (exact) mass is 351 g/mol. The Bertz CT molecular complexity index is 782. The Kier molecular flexibility index (Phi) is 5.89. The Balaban J connectivity index is 1.53. The molecule has 2 aromatic carbocycles. The van der Waals surface area contributed by atoms with Crippen molar-refractivity contribution in [3.8, 4) is 0 Å². The minimum absolute atomic E-state index is 0.137. The molecule has 0 atom stereocenters. The summed E-state index contributed by atoms with van der Waals surface area (Å²) in [7, 11) is 0. The normalized spacial score (nSPS) is 14.0. The fourth-order valence-corrected chi connectivity index (χ4v) is 3.30. The van der Waals surface area contributed by atoms with E-state index < -0.39 is 0 Å². The number of anilines is 2. The van der Waals surface area contributed by atoms with Crippen LogP contribution in [0.25, 0.3) is 0 Å². The highest BCUT2D eigenvalue weighted by Gasteiger charge is 2.22. The first kappa shape index (κ1) is 18.0. The van der Waals surface area contributed by atoms with Crippen molar-refractivity contribution in [1.29, 1.82) is 0 Å². The van der Waals surface area contributed by atoms with Gasteiger partial charge in [0, 0.05) is 23.8 Å². The lowest BCUT2D eigenvalue weighted by molar-refractivity contribution is -0.124. The van der Waals surface area contributed by atoms with Crippen molar-refractivity contribution in [2.45, 2.75) is 39.2 Å². The van der Waals surface area contributed by atoms with Gasteiger partial charge in [-0.25, -0.2) is 4.79 Å². The number of benzene rings is 2. The van der Waals surface area contributed by atoms with E-state index in [-0.39, 0.29) is 17.9 Å². The van der Waals surface area contributed by atoms with Gasteiger partial charge < -0.3 is 16.0 Å². The van der Waals surface area contributed by atoms with Crippen LogP contribution >= 0.6 is 0 Å². The van der Waals surface area contributed by atoms with Crippen molar-refractivity contribution in [2.24, 2.45) is 5.92 Å². The van der Waals surface area contributed by atoms with Crippen molar-refractivity contribution >= 4 is 23.3 Å². The molecule has 0 saturated heterocycles. The van der Waals surface area contributed by atoms with Crippen LogP contribution in [0.1, 0.15) is 36.8 Å². The second kappa shape index (κ2) is 8.52. The summed E-state index contributed by atoms with van der Waals surface area (Å²) in [6.07, 6.45) is 4.28. The number of aryl methyl sites for hydroxylation is 1. The minimum Gasteiger partial charge on any atom is -0.352 e. The van der Waals surface area contributed by atoms with Gasteiger partial charge >= 0.3 is 6.03 Å². The Morgan fingerprint density at radius 1 is 0.962 bits per heavy atom. The summed E-state index contributed by atoms with van der Waals surface area (Å²) in [6, 6.07) is 14.9. The molecule has 26 heavy (non-hydrogen) atoms. The van der Waals surface area contributed by atoms with E-state index in [1.165, 1.54) is 0 Å². The van der Waals surface area contributed by atoms with E-state index in [1.54, 1.807) is 0 Å². The maximum atomic E-state index is 12.2. The number of amides is 3. The third-order valence-electron chi connectivity index (χ3n) is 4.65. The van der Waals surface area contributed by atoms with Gasteiger partial charge in [0.25, 0.3) is 0 Å². The van der Waals surface area contributed by atoms with Crippen LogP contribution < -0.4 is 16.0 Å². The summed E-state index contributed by atoms with van der Waals surface area (Å²) in [5.74, 6) is 0.300. The second-order valence-electron chi connectivity index (χ2n) is 6.85. The highest BCUT2D eigenvalue weighted by atomic mass is 16.2. The zero-order chi connectivity index (χ0) is 18.4. The van der Waals surface area contributed by atoms with E-state index in [2.05, 4.69) is 16.0 Å². The summed E-state index contributed by atoms with van der Waals surface area (Å²) >= 11 is 0. The van der Waals surface area contributed by atoms with Gasteiger partial charge in [0.15, 0.2) is 0 Å². The number of urea groups is 1. The van der Waals surface area contributed by atoms with Crippen LogP contribution in [-0.4, -0.2) is 11.9 Å². The molecular weight excluding hydrogens is 326 g/mol. The molecule has 3 rings (SSSR count). The first-order valence-electron chi connectivity index (χ1n) is 9.11. The molecule has 1 saturated carbocycles. The van der Waals surface area contributed by atoms with Crippen molar-refractivity contribution in [3.05, 3.63) is 59.7 Å². The molecule has 2 aromatic rings. The zero-order valence-electron chi connectivity index (χ0n) is 15.0. The summed E-state index contributed by atoms with van der Waals surface area (Å²) in [6.45, 7) is 2.46. The zero-order valence-corrected chi connectivity index (χ0v) is 15.0. The third kappa shape index (κ3) is 5.09. The number of hydrogen-bond acceptors (Lipinski definition) is 2. The van der Waals surface area contributed by atoms with Gasteiger partial charge in [0.2, 0.25) is 5.91 Å². The summed E-state index contributed by atoms with van der Waals surface area (Å²) < 4.78 is 0. The molecule has 0 heterocycles. The Morgan fingerprint density at radius 3 is 2.31 bits per heavy atom. The predicted octanol–water partition coefficient (Wildman–Crippen LogP) is 4.45. The average molecular weight is 351 g/mol. The molecule has 136 valence electrons. The van der Waals surface area contributed by atoms with E-state index in [1.807, 2.05) is 55.5 Å². The number of carbonyl (C=O) groups excluding carboxylic acids is 2. The molecule has 5 heteroatoms. The van der Waals surface area contributed by atoms with Crippen LogP contribution in [0.4, 0.5) is 16.2 Å². The molecule has 0 bridgehead atoms. The maximum absolute atomic E-state index is 12.2. The van der Waals surface area contributed by atoms with Crippen LogP contribution in [0.2, 0.25) is 0 Å². The molecule has 0 aliphatic heterocycles. The van der Waals surface area contributed by atoms with Crippen molar-refractivity contribution in [1.82, 2.24) is 5.32 Å². The number of carbonyl (C=O) groups is 2. The molecule has 1 aliphatic rings. The van der Waals surface area contributed by atoms with E-state index in [9.17, 15) is 9.59 Å². The third-order valence-corrected chi connectivity index (χ3v) is 4.65. The predicted molar refractivity (Wildman–Crippen MR) is 104 cm³/mol. The van der Waals surface area contributed by atoms with Crippen molar-refractivity contribution < 1.29 is 9.59 Å². The largest absolute Gasteiger partial charge is 0.352 e. The lowest BCUT2D eigenvalue weighted by Crippen LogP contribution is -2.28. The van der Waals surface area contributed by atoms with Crippen LogP contribution in [0.5, 0.6) is 0 Å². The molecule has 1 fully saturated rings. The molecule has 0 unspecified atom stereocenters. The molecule has 0 radical (unpaired) electrons. The lowest BCUT2D eigenvalue weighted by Gasteiger charge is -2.12. The molecular formula is C21H25N3O2. The SMILES string of the molecule is Cc1cccc(NC(=O)Nc2cccc(CNC(=O)C3CCCC3)c2)c1. The highest BCUT2D eigenvalue weighted by Crippen LogP contribution is 2.24. The minimum atomic E-state index is -0.289. The molecule has 3 N–H and O–H groups in total. The van der Waals surface area contributed by atoms with E-state index in [0.717, 1.165) is 42.5 Å². The van der Waals surface area contributed by atoms with Crippen LogP contribution in [-0.2, 0) is 11.3 Å². The summed E-state index contributed by atoms with van der Waals surface area (Å²) in [5.41, 5.74) is 3.50. The van der Waals surface area contributed by atoms with E-state index in [0.29, 0.717) is 12.2 Å². The Labute approximate surface area is 154 Å². The fourth-order valence-electron chi connectivity index (χ4n) is 3.30. The van der Waals surface area contributed by atoms with Gasteiger partial charge in [-0.05, 0) is 55.2 Å². The summed E-state index contributed by atoms with van der Waals surface area (Å²) in [5, 5.41) is 8.65. The maximum Gasteiger partial charge on any atom is 0.323 e. The Morgan fingerprint density at radius 2 is 1.62 bits per heavy atom. The Hall–Kier alpha value is -2.82. The van der Waals surface area contributed by atoms with Crippen molar-refractivity contribution in [3.63, 3.8) is 0 Å². The van der Waals surface area contributed by atoms with Gasteiger partial charge in [-0.15, -0.1) is 0 Å². The first-order valence-corrected chi connectivity index (χ1v) is 9.11. The summed E-state index contributed by atoms with van der Waals surface area (Å²) in [4.78, 5) is 24.3. The van der Waals surface area contributed by atoms with Crippen LogP contribution in [0.3, 0.4) is 0 Å². The van der Waals surface area contributed by atoms with Gasteiger partial charge in [0.05, 0.1) is 0 Å². The van der Waals surface area contributed by atoms with Crippen LogP contribution in [0.15, 0.2) is 48.5 Å². The number of hydrogen-bond donors (Lipinski definition) is 3. The fraction of sp³-hybridized carbons (Fsp3) is 0.333. The average Bonchev–Trinajstić information content (AvgIpc) is 3.14. The quantitative estimate of drug-likeness (QED) is 0.745. The van der Waals surface area contributed by atoms with Crippen molar-refractivity contribution in [2.75, 3.05) is 10.6 Å². The number of rotatable bonds is 5. The van der Waals surface area contributed by atoms with Gasteiger partial charge in [0.1, 0.15) is 0 Å². The molecule has 0 aromatic heterocycles. The van der Waals surface area contributed by atoms with Gasteiger partial charge in [-0.3, -0.25) is 4.79 Å². The van der Waals surface area contributed by atoms with E-state index >= 15 is 0 Å². The van der Waals surface area contributed by atoms with E-state index in [4.69, 9.17) is 0 Å². The topological polar surface area (TPSA) is 70.2 Å². The van der Waals surface area contributed by atoms with Gasteiger partial charge in [-0.1, -0.05) is 37.1 Å². The second-order valence-corrected chi connectivity index (χ2v) is 6.85. The highest BCUT2D eigenvalue weighted by molar-refractivity contribution is 5.99. The first-order chi connectivity index (χ1) is 12.6. The molecule has 0 spiro atoms. The lowest BCUT2D eigenvalue weighted by atomic mass is 10.1. The van der Waals surface area contributed by atoms with Crippen LogP contribution in [0, 0.1) is 12.8 Å². The molecule has 1 aliphatic carbocycles. The number of nitrogens with one attached hydrogen (secondary N) is 3.